The first-order valence-corrected chi connectivity index (χ1v) is 8.04. The van der Waals surface area contributed by atoms with Crippen LogP contribution in [0.5, 0.6) is 0 Å². The van der Waals surface area contributed by atoms with Crippen LogP contribution in [0.3, 0.4) is 0 Å². The van der Waals surface area contributed by atoms with Crippen molar-refractivity contribution in [2.45, 2.75) is 24.9 Å². The predicted molar refractivity (Wildman–Crippen MR) is 81.6 cm³/mol. The zero-order chi connectivity index (χ0) is 16.5. The molecule has 7 nitrogen and oxygen atoms in total. The number of para-hydroxylation sites is 1. The minimum Gasteiger partial charge on any atom is -0.478 e. The minimum atomic E-state index is -3.92. The SMILES string of the molecule is CC(C)n1cnc(S(=O)(=O)N(C)c2ccccc2C(=O)O)c1. The first-order valence-electron chi connectivity index (χ1n) is 6.60. The molecule has 0 saturated heterocycles. The van der Waals surface area contributed by atoms with Gasteiger partial charge in [0, 0.05) is 19.3 Å². The van der Waals surface area contributed by atoms with Crippen LogP contribution in [0, 0.1) is 0 Å². The van der Waals surface area contributed by atoms with Crippen LogP contribution in [0.15, 0.2) is 41.8 Å². The summed E-state index contributed by atoms with van der Waals surface area (Å²) in [7, 11) is -2.61. The van der Waals surface area contributed by atoms with E-state index < -0.39 is 16.0 Å². The molecule has 0 radical (unpaired) electrons. The van der Waals surface area contributed by atoms with Gasteiger partial charge in [0.1, 0.15) is 0 Å². The quantitative estimate of drug-likeness (QED) is 0.908. The highest BCUT2D eigenvalue weighted by Gasteiger charge is 2.27. The van der Waals surface area contributed by atoms with Gasteiger partial charge < -0.3 is 9.67 Å². The zero-order valence-electron chi connectivity index (χ0n) is 12.5. The number of anilines is 1. The summed E-state index contributed by atoms with van der Waals surface area (Å²) >= 11 is 0. The molecule has 0 saturated carbocycles. The molecular weight excluding hydrogens is 306 g/mol. The largest absolute Gasteiger partial charge is 0.478 e. The van der Waals surface area contributed by atoms with Crippen molar-refractivity contribution in [1.82, 2.24) is 9.55 Å². The summed E-state index contributed by atoms with van der Waals surface area (Å²) < 4.78 is 27.8. The van der Waals surface area contributed by atoms with Crippen LogP contribution in [0.4, 0.5) is 5.69 Å². The second-order valence-electron chi connectivity index (χ2n) is 5.05. The fraction of sp³-hybridized carbons (Fsp3) is 0.286. The molecule has 0 amide bonds. The monoisotopic (exact) mass is 323 g/mol. The van der Waals surface area contributed by atoms with Gasteiger partial charge in [0.2, 0.25) is 0 Å². The topological polar surface area (TPSA) is 92.5 Å². The maximum absolute atomic E-state index is 12.6. The zero-order valence-corrected chi connectivity index (χ0v) is 13.3. The average Bonchev–Trinajstić information content (AvgIpc) is 2.97. The lowest BCUT2D eigenvalue weighted by atomic mass is 10.2. The Bertz CT molecular complexity index is 796. The molecule has 0 aliphatic carbocycles. The molecule has 0 unspecified atom stereocenters. The van der Waals surface area contributed by atoms with Crippen LogP contribution in [-0.4, -0.2) is 36.1 Å². The number of hydrogen-bond donors (Lipinski definition) is 1. The number of carbonyl (C=O) groups is 1. The summed E-state index contributed by atoms with van der Waals surface area (Å²) in [4.78, 5) is 15.2. The molecule has 1 heterocycles. The summed E-state index contributed by atoms with van der Waals surface area (Å²) in [5.74, 6) is -1.19. The van der Waals surface area contributed by atoms with Crippen LogP contribution < -0.4 is 4.31 Å². The molecule has 1 aromatic carbocycles. The van der Waals surface area contributed by atoms with E-state index in [4.69, 9.17) is 0 Å². The molecular formula is C14H17N3O4S. The van der Waals surface area contributed by atoms with Crippen LogP contribution in [0.25, 0.3) is 0 Å². The number of rotatable bonds is 5. The van der Waals surface area contributed by atoms with Crippen molar-refractivity contribution in [2.75, 3.05) is 11.4 Å². The van der Waals surface area contributed by atoms with E-state index in [0.29, 0.717) is 0 Å². The summed E-state index contributed by atoms with van der Waals surface area (Å²) in [6.45, 7) is 3.81. The molecule has 1 N–H and O–H groups in total. The predicted octanol–water partition coefficient (Wildman–Crippen LogP) is 1.99. The van der Waals surface area contributed by atoms with Gasteiger partial charge in [0.15, 0.2) is 5.03 Å². The summed E-state index contributed by atoms with van der Waals surface area (Å²) in [6.07, 6.45) is 2.87. The first kappa shape index (κ1) is 16.0. The van der Waals surface area contributed by atoms with E-state index >= 15 is 0 Å². The van der Waals surface area contributed by atoms with Crippen molar-refractivity contribution in [3.63, 3.8) is 0 Å². The number of aromatic nitrogens is 2. The highest BCUT2D eigenvalue weighted by atomic mass is 32.2. The highest BCUT2D eigenvalue weighted by molar-refractivity contribution is 7.92. The summed E-state index contributed by atoms with van der Waals surface area (Å²) in [6, 6.07) is 6.01. The third-order valence-corrected chi connectivity index (χ3v) is 4.93. The van der Waals surface area contributed by atoms with Crippen molar-refractivity contribution < 1.29 is 18.3 Å². The minimum absolute atomic E-state index is 0.0769. The van der Waals surface area contributed by atoms with Crippen LogP contribution in [0.2, 0.25) is 0 Å². The molecule has 8 heteroatoms. The van der Waals surface area contributed by atoms with Gasteiger partial charge in [-0.05, 0) is 26.0 Å². The van der Waals surface area contributed by atoms with E-state index in [1.807, 2.05) is 13.8 Å². The number of nitrogens with zero attached hydrogens (tertiary/aromatic N) is 3. The Balaban J connectivity index is 2.47. The van der Waals surface area contributed by atoms with E-state index in [1.54, 1.807) is 16.7 Å². The molecule has 1 aromatic heterocycles. The molecule has 0 fully saturated rings. The number of imidazole rings is 1. The van der Waals surface area contributed by atoms with E-state index in [-0.39, 0.29) is 22.3 Å². The maximum atomic E-state index is 12.6. The number of hydrogen-bond acceptors (Lipinski definition) is 4. The molecule has 0 aliphatic rings. The van der Waals surface area contributed by atoms with Crippen molar-refractivity contribution in [3.05, 3.63) is 42.4 Å². The second-order valence-corrected chi connectivity index (χ2v) is 6.96. The van der Waals surface area contributed by atoms with Crippen molar-refractivity contribution >= 4 is 21.7 Å². The second kappa shape index (κ2) is 5.80. The highest BCUT2D eigenvalue weighted by Crippen LogP contribution is 2.25. The number of benzene rings is 1. The molecule has 2 rings (SSSR count). The molecule has 118 valence electrons. The van der Waals surface area contributed by atoms with Gasteiger partial charge in [0.05, 0.1) is 17.6 Å². The third kappa shape index (κ3) is 2.82. The van der Waals surface area contributed by atoms with E-state index in [1.165, 1.54) is 31.7 Å². The Morgan fingerprint density at radius 2 is 1.95 bits per heavy atom. The van der Waals surface area contributed by atoms with Crippen molar-refractivity contribution in [2.24, 2.45) is 0 Å². The van der Waals surface area contributed by atoms with Gasteiger partial charge in [-0.15, -0.1) is 0 Å². The van der Waals surface area contributed by atoms with Gasteiger partial charge in [-0.2, -0.15) is 8.42 Å². The van der Waals surface area contributed by atoms with Crippen molar-refractivity contribution in [1.29, 1.82) is 0 Å². The lowest BCUT2D eigenvalue weighted by Gasteiger charge is -2.19. The van der Waals surface area contributed by atoms with E-state index in [0.717, 1.165) is 4.31 Å². The van der Waals surface area contributed by atoms with E-state index in [9.17, 15) is 18.3 Å². The number of carboxylic acids is 1. The Labute approximate surface area is 128 Å². The van der Waals surface area contributed by atoms with Gasteiger partial charge >= 0.3 is 5.97 Å². The third-order valence-electron chi connectivity index (χ3n) is 3.27. The number of aromatic carboxylic acids is 1. The van der Waals surface area contributed by atoms with Gasteiger partial charge in [-0.1, -0.05) is 12.1 Å². The first-order chi connectivity index (χ1) is 10.2. The smallest absolute Gasteiger partial charge is 0.337 e. The van der Waals surface area contributed by atoms with Crippen molar-refractivity contribution in [3.8, 4) is 0 Å². The Hall–Kier alpha value is -2.35. The standard InChI is InChI=1S/C14H17N3O4S/c1-10(2)17-8-13(15-9-17)22(20,21)16(3)12-7-5-4-6-11(12)14(18)19/h4-10H,1-3H3,(H,18,19). The molecule has 0 aliphatic heterocycles. The lowest BCUT2D eigenvalue weighted by molar-refractivity contribution is 0.0698. The Morgan fingerprint density at radius 1 is 1.32 bits per heavy atom. The number of sulfonamides is 1. The number of carboxylic acid groups (broad SMARTS) is 1. The summed E-state index contributed by atoms with van der Waals surface area (Å²) in [5.41, 5.74) is 0.00552. The average molecular weight is 323 g/mol. The van der Waals surface area contributed by atoms with E-state index in [2.05, 4.69) is 4.98 Å². The molecule has 0 bridgehead atoms. The molecule has 2 aromatic rings. The normalized spacial score (nSPS) is 11.6. The maximum Gasteiger partial charge on any atom is 0.337 e. The Morgan fingerprint density at radius 3 is 2.50 bits per heavy atom. The van der Waals surface area contributed by atoms with Gasteiger partial charge in [-0.3, -0.25) is 4.31 Å². The fourth-order valence-corrected chi connectivity index (χ4v) is 3.07. The fourth-order valence-electron chi connectivity index (χ4n) is 1.93. The lowest BCUT2D eigenvalue weighted by Crippen LogP contribution is -2.28. The molecule has 0 spiro atoms. The van der Waals surface area contributed by atoms with Gasteiger partial charge in [-0.25, -0.2) is 9.78 Å². The van der Waals surface area contributed by atoms with Crippen LogP contribution >= 0.6 is 0 Å². The van der Waals surface area contributed by atoms with Gasteiger partial charge in [0.25, 0.3) is 10.0 Å². The Kier molecular flexibility index (Phi) is 4.23. The van der Waals surface area contributed by atoms with Crippen LogP contribution in [-0.2, 0) is 10.0 Å². The molecule has 22 heavy (non-hydrogen) atoms. The summed E-state index contributed by atoms with van der Waals surface area (Å²) in [5, 5.41) is 9.07. The molecule has 0 atom stereocenters. The van der Waals surface area contributed by atoms with Crippen LogP contribution in [0.1, 0.15) is 30.2 Å².